The standard InChI is InChI=1S/C17H27N3S/c1-17(2,3)18-8-4-5-12-19-20-16(21-12)15-13-10-6-7-11(9-10)14(13)15/h10-11,13-15,18H,4-9H2,1-3H3. The average Bonchev–Trinajstić information content (AvgIpc) is 2.83. The second-order valence-electron chi connectivity index (χ2n) is 8.33. The van der Waals surface area contributed by atoms with E-state index in [2.05, 4.69) is 36.3 Å². The highest BCUT2D eigenvalue weighted by Gasteiger charge is 2.66. The predicted octanol–water partition coefficient (Wildman–Crippen LogP) is 3.62. The summed E-state index contributed by atoms with van der Waals surface area (Å²) in [5.74, 6) is 4.86. The van der Waals surface area contributed by atoms with Crippen molar-refractivity contribution in [1.29, 1.82) is 0 Å². The topological polar surface area (TPSA) is 37.8 Å². The number of aromatic nitrogens is 2. The van der Waals surface area contributed by atoms with Crippen LogP contribution in [0.15, 0.2) is 0 Å². The van der Waals surface area contributed by atoms with Gasteiger partial charge in [-0.05, 0) is 76.7 Å². The number of hydrogen-bond donors (Lipinski definition) is 1. The molecule has 116 valence electrons. The molecule has 0 radical (unpaired) electrons. The first-order valence-corrected chi connectivity index (χ1v) is 9.42. The van der Waals surface area contributed by atoms with Crippen molar-refractivity contribution in [2.45, 2.75) is 64.3 Å². The summed E-state index contributed by atoms with van der Waals surface area (Å²) < 4.78 is 0. The first-order valence-electron chi connectivity index (χ1n) is 8.60. The molecule has 3 fully saturated rings. The normalized spacial score (nSPS) is 37.0. The zero-order valence-electron chi connectivity index (χ0n) is 13.4. The lowest BCUT2D eigenvalue weighted by atomic mass is 10.0. The molecule has 1 aromatic heterocycles. The molecule has 0 aliphatic heterocycles. The highest BCUT2D eigenvalue weighted by Crippen LogP contribution is 2.73. The maximum absolute atomic E-state index is 4.53. The molecule has 21 heavy (non-hydrogen) atoms. The van der Waals surface area contributed by atoms with Crippen LogP contribution in [0.1, 0.15) is 62.4 Å². The van der Waals surface area contributed by atoms with E-state index in [4.69, 9.17) is 0 Å². The summed E-state index contributed by atoms with van der Waals surface area (Å²) in [4.78, 5) is 0. The molecular weight excluding hydrogens is 278 g/mol. The van der Waals surface area contributed by atoms with Crippen molar-refractivity contribution >= 4 is 11.3 Å². The van der Waals surface area contributed by atoms with Crippen LogP contribution in [-0.2, 0) is 6.42 Å². The van der Waals surface area contributed by atoms with Gasteiger partial charge in [0.15, 0.2) is 0 Å². The molecular formula is C17H27N3S. The lowest BCUT2D eigenvalue weighted by Crippen LogP contribution is -2.36. The zero-order chi connectivity index (χ0) is 14.6. The van der Waals surface area contributed by atoms with Crippen LogP contribution >= 0.6 is 11.3 Å². The molecule has 3 saturated carbocycles. The van der Waals surface area contributed by atoms with Crippen molar-refractivity contribution in [2.75, 3.05) is 6.54 Å². The van der Waals surface area contributed by atoms with E-state index in [0.717, 1.165) is 49.0 Å². The summed E-state index contributed by atoms with van der Waals surface area (Å²) in [5.41, 5.74) is 0.219. The van der Waals surface area contributed by atoms with Crippen molar-refractivity contribution in [3.63, 3.8) is 0 Å². The van der Waals surface area contributed by atoms with Crippen molar-refractivity contribution in [2.24, 2.45) is 23.7 Å². The minimum atomic E-state index is 0.219. The second-order valence-corrected chi connectivity index (χ2v) is 9.42. The first-order chi connectivity index (χ1) is 10.0. The molecule has 3 aliphatic rings. The van der Waals surface area contributed by atoms with Crippen LogP contribution in [-0.4, -0.2) is 22.3 Å². The van der Waals surface area contributed by atoms with E-state index in [-0.39, 0.29) is 5.54 Å². The van der Waals surface area contributed by atoms with Gasteiger partial charge >= 0.3 is 0 Å². The maximum atomic E-state index is 4.53. The Hall–Kier alpha value is -0.480. The lowest BCUT2D eigenvalue weighted by molar-refractivity contribution is 0.422. The number of fused-ring (bicyclic) bond motifs is 5. The minimum Gasteiger partial charge on any atom is -0.312 e. The molecule has 4 atom stereocenters. The first kappa shape index (κ1) is 14.1. The van der Waals surface area contributed by atoms with Gasteiger partial charge in [0.05, 0.1) is 0 Å². The summed E-state index contributed by atoms with van der Waals surface area (Å²) in [6, 6.07) is 0. The Morgan fingerprint density at radius 2 is 1.86 bits per heavy atom. The van der Waals surface area contributed by atoms with Crippen molar-refractivity contribution < 1.29 is 0 Å². The van der Waals surface area contributed by atoms with Crippen LogP contribution in [0.4, 0.5) is 0 Å². The molecule has 1 N–H and O–H groups in total. The van der Waals surface area contributed by atoms with E-state index in [9.17, 15) is 0 Å². The van der Waals surface area contributed by atoms with Crippen LogP contribution in [0, 0.1) is 23.7 Å². The molecule has 0 amide bonds. The molecule has 4 rings (SSSR count). The zero-order valence-corrected chi connectivity index (χ0v) is 14.2. The summed E-state index contributed by atoms with van der Waals surface area (Å²) in [5, 5.41) is 15.1. The summed E-state index contributed by atoms with van der Waals surface area (Å²) in [6.45, 7) is 7.72. The molecule has 1 aromatic rings. The Morgan fingerprint density at radius 1 is 1.14 bits per heavy atom. The van der Waals surface area contributed by atoms with E-state index in [1.54, 1.807) is 0 Å². The van der Waals surface area contributed by atoms with E-state index in [0.29, 0.717) is 0 Å². The number of aryl methyl sites for hydroxylation is 1. The number of nitrogens with one attached hydrogen (secondary N) is 1. The number of hydrogen-bond acceptors (Lipinski definition) is 4. The van der Waals surface area contributed by atoms with Gasteiger partial charge in [-0.3, -0.25) is 0 Å². The van der Waals surface area contributed by atoms with Crippen LogP contribution in [0.2, 0.25) is 0 Å². The number of nitrogens with zero attached hydrogens (tertiary/aromatic N) is 2. The summed E-state index contributed by atoms with van der Waals surface area (Å²) in [6.07, 6.45) is 6.75. The van der Waals surface area contributed by atoms with Gasteiger partial charge in [0, 0.05) is 17.9 Å². The van der Waals surface area contributed by atoms with Crippen molar-refractivity contribution in [3.05, 3.63) is 10.0 Å². The van der Waals surface area contributed by atoms with Gasteiger partial charge in [0.25, 0.3) is 0 Å². The third-order valence-corrected chi connectivity index (χ3v) is 6.81. The van der Waals surface area contributed by atoms with Gasteiger partial charge < -0.3 is 5.32 Å². The Labute approximate surface area is 131 Å². The van der Waals surface area contributed by atoms with Crippen LogP contribution in [0.3, 0.4) is 0 Å². The Morgan fingerprint density at radius 3 is 2.52 bits per heavy atom. The van der Waals surface area contributed by atoms with E-state index in [1.807, 2.05) is 11.3 Å². The van der Waals surface area contributed by atoms with Gasteiger partial charge in [0.2, 0.25) is 0 Å². The smallest absolute Gasteiger partial charge is 0.121 e. The van der Waals surface area contributed by atoms with Gasteiger partial charge in [-0.15, -0.1) is 21.5 Å². The fourth-order valence-electron chi connectivity index (χ4n) is 4.86. The van der Waals surface area contributed by atoms with Crippen LogP contribution < -0.4 is 5.32 Å². The highest BCUT2D eigenvalue weighted by atomic mass is 32.1. The molecule has 0 aromatic carbocycles. The molecule has 4 heteroatoms. The quantitative estimate of drug-likeness (QED) is 0.844. The largest absolute Gasteiger partial charge is 0.312 e. The molecule has 3 nitrogen and oxygen atoms in total. The monoisotopic (exact) mass is 305 g/mol. The Bertz CT molecular complexity index is 502. The van der Waals surface area contributed by atoms with E-state index >= 15 is 0 Å². The SMILES string of the molecule is CC(C)(C)NCCCc1nnc(C2C3C4CCC(C4)C23)s1. The van der Waals surface area contributed by atoms with Gasteiger partial charge in [0.1, 0.15) is 10.0 Å². The highest BCUT2D eigenvalue weighted by molar-refractivity contribution is 7.11. The average molecular weight is 305 g/mol. The molecule has 2 bridgehead atoms. The molecule has 3 aliphatic carbocycles. The summed E-state index contributed by atoms with van der Waals surface area (Å²) >= 11 is 1.90. The molecule has 4 unspecified atom stereocenters. The van der Waals surface area contributed by atoms with E-state index in [1.165, 1.54) is 29.3 Å². The molecule has 0 spiro atoms. The third kappa shape index (κ3) is 2.65. The van der Waals surface area contributed by atoms with Crippen molar-refractivity contribution in [3.8, 4) is 0 Å². The third-order valence-electron chi connectivity index (χ3n) is 5.73. The van der Waals surface area contributed by atoms with E-state index < -0.39 is 0 Å². The van der Waals surface area contributed by atoms with Gasteiger partial charge in [-0.25, -0.2) is 0 Å². The van der Waals surface area contributed by atoms with Gasteiger partial charge in [-0.2, -0.15) is 0 Å². The minimum absolute atomic E-state index is 0.219. The van der Waals surface area contributed by atoms with Crippen LogP contribution in [0.5, 0.6) is 0 Å². The Kier molecular flexibility index (Phi) is 3.38. The van der Waals surface area contributed by atoms with Crippen LogP contribution in [0.25, 0.3) is 0 Å². The fraction of sp³-hybridized carbons (Fsp3) is 0.882. The predicted molar refractivity (Wildman–Crippen MR) is 86.5 cm³/mol. The lowest BCUT2D eigenvalue weighted by Gasteiger charge is -2.20. The second kappa shape index (κ2) is 5.02. The maximum Gasteiger partial charge on any atom is 0.121 e. The Balaban J connectivity index is 1.29. The molecule has 0 saturated heterocycles. The van der Waals surface area contributed by atoms with Crippen molar-refractivity contribution in [1.82, 2.24) is 15.5 Å². The fourth-order valence-corrected chi connectivity index (χ4v) is 5.96. The molecule has 1 heterocycles. The van der Waals surface area contributed by atoms with Gasteiger partial charge in [-0.1, -0.05) is 0 Å². The number of rotatable bonds is 5. The summed E-state index contributed by atoms with van der Waals surface area (Å²) in [7, 11) is 0.